The molecule has 1 aliphatic rings. The molecule has 1 heterocycles. The van der Waals surface area contributed by atoms with Gasteiger partial charge in [-0.2, -0.15) is 0 Å². The Balaban J connectivity index is 1.97. The van der Waals surface area contributed by atoms with Gasteiger partial charge in [-0.25, -0.2) is 4.79 Å². The molecule has 1 aromatic rings. The summed E-state index contributed by atoms with van der Waals surface area (Å²) in [6, 6.07) is 3.46. The number of aliphatic hydroxyl groups excluding tert-OH is 1. The highest BCUT2D eigenvalue weighted by Crippen LogP contribution is 2.31. The van der Waals surface area contributed by atoms with Crippen molar-refractivity contribution in [1.82, 2.24) is 16.0 Å². The number of ether oxygens (including phenoxy) is 4. The van der Waals surface area contributed by atoms with Gasteiger partial charge in [-0.3, -0.25) is 28.8 Å². The molecule has 52 heavy (non-hydrogen) atoms. The number of carboxylic acid groups (broad SMARTS) is 1. The fourth-order valence-corrected chi connectivity index (χ4v) is 4.64. The fourth-order valence-electron chi connectivity index (χ4n) is 4.64. The van der Waals surface area contributed by atoms with Crippen LogP contribution in [-0.4, -0.2) is 102 Å². The van der Waals surface area contributed by atoms with E-state index in [1.54, 1.807) is 47.6 Å². The number of aliphatic hydroxyl groups is 1. The summed E-state index contributed by atoms with van der Waals surface area (Å²) in [6.45, 7) is 9.56. The fraction of sp³-hybridized carbons (Fsp3) is 0.629. The summed E-state index contributed by atoms with van der Waals surface area (Å²) >= 11 is 0. The lowest BCUT2D eigenvalue weighted by Gasteiger charge is -2.31. The van der Waals surface area contributed by atoms with E-state index in [-0.39, 0.29) is 80.5 Å². The van der Waals surface area contributed by atoms with Crippen LogP contribution < -0.4 is 26.0 Å². The molecule has 0 bridgehead atoms. The van der Waals surface area contributed by atoms with E-state index >= 15 is 0 Å². The Labute approximate surface area is 302 Å². The minimum absolute atomic E-state index is 0.0219. The van der Waals surface area contributed by atoms with Crippen LogP contribution >= 0.6 is 0 Å². The number of carboxylic acids is 1. The molecule has 0 aliphatic carbocycles. The first-order valence-corrected chi connectivity index (χ1v) is 17.2. The number of aliphatic carboxylic acids is 1. The van der Waals surface area contributed by atoms with Gasteiger partial charge >= 0.3 is 11.9 Å². The number of anilines is 1. The molecule has 0 radical (unpaired) electrons. The lowest BCUT2D eigenvalue weighted by molar-refractivity contribution is -0.195. The Morgan fingerprint density at radius 1 is 0.865 bits per heavy atom. The van der Waals surface area contributed by atoms with Crippen molar-refractivity contribution in [2.24, 2.45) is 17.8 Å². The van der Waals surface area contributed by atoms with Gasteiger partial charge in [-0.1, -0.05) is 47.6 Å². The van der Waals surface area contributed by atoms with Crippen molar-refractivity contribution >= 4 is 47.0 Å². The third-order valence-corrected chi connectivity index (χ3v) is 7.72. The van der Waals surface area contributed by atoms with Crippen LogP contribution in [0.2, 0.25) is 0 Å². The predicted molar refractivity (Wildman–Crippen MR) is 185 cm³/mol. The number of carbonyl (C=O) groups is 7. The van der Waals surface area contributed by atoms with Gasteiger partial charge in [0.1, 0.15) is 24.2 Å². The molecule has 1 aliphatic heterocycles. The molecule has 1 aromatic carbocycles. The zero-order valence-electron chi connectivity index (χ0n) is 30.5. The molecular formula is C35H52N4O13. The van der Waals surface area contributed by atoms with Crippen molar-refractivity contribution in [2.75, 3.05) is 31.6 Å². The van der Waals surface area contributed by atoms with Crippen LogP contribution in [0.4, 0.5) is 5.69 Å². The van der Waals surface area contributed by atoms with Crippen LogP contribution in [0.25, 0.3) is 0 Å². The minimum Gasteiger partial charge on any atom is -0.479 e. The number of hydrogen-bond acceptors (Lipinski definition) is 12. The quantitative estimate of drug-likeness (QED) is 0.0765. The van der Waals surface area contributed by atoms with E-state index in [0.717, 1.165) is 0 Å². The van der Waals surface area contributed by atoms with Gasteiger partial charge in [0.2, 0.25) is 29.9 Å². The molecule has 0 aromatic heterocycles. The van der Waals surface area contributed by atoms with E-state index in [1.807, 2.05) is 0 Å². The van der Waals surface area contributed by atoms with Gasteiger partial charge in [0.15, 0.2) is 6.10 Å². The number of carbonyl (C=O) groups excluding carboxylic acids is 6. The zero-order chi connectivity index (χ0) is 39.0. The van der Waals surface area contributed by atoms with E-state index < -0.39 is 73.2 Å². The Morgan fingerprint density at radius 3 is 2.17 bits per heavy atom. The third kappa shape index (κ3) is 15.7. The van der Waals surface area contributed by atoms with Crippen molar-refractivity contribution in [3.63, 3.8) is 0 Å². The zero-order valence-corrected chi connectivity index (χ0v) is 30.5. The number of benzene rings is 1. The number of rotatable bonds is 21. The smallest absolute Gasteiger partial charge is 0.333 e. The molecule has 0 saturated carbocycles. The normalized spacial score (nSPS) is 17.6. The Bertz CT molecular complexity index is 1410. The molecule has 6 N–H and O–H groups in total. The highest BCUT2D eigenvalue weighted by atomic mass is 16.7. The summed E-state index contributed by atoms with van der Waals surface area (Å²) in [5.41, 5.74) is 0.601. The lowest BCUT2D eigenvalue weighted by atomic mass is 10.0. The largest absolute Gasteiger partial charge is 0.479 e. The van der Waals surface area contributed by atoms with E-state index in [0.29, 0.717) is 5.56 Å². The number of amides is 4. The average molecular weight is 737 g/mol. The maximum Gasteiger partial charge on any atom is 0.333 e. The SMILES string of the molecule is CC(C)C(=O)CCOCCC(=O)NCC(=O)NC(C(=O)NCC(=O)Nc1ccc(COC(=O)C(C)C)cc1OC1CC(O)CC(C(=O)O)O1)C(C)C. The molecule has 290 valence electrons. The topological polar surface area (TPSA) is 245 Å². The first-order chi connectivity index (χ1) is 24.5. The molecule has 4 unspecified atom stereocenters. The number of ketones is 1. The van der Waals surface area contributed by atoms with Crippen LogP contribution in [-0.2, 0) is 54.4 Å². The third-order valence-electron chi connectivity index (χ3n) is 7.72. The van der Waals surface area contributed by atoms with Crippen molar-refractivity contribution < 1.29 is 62.7 Å². The van der Waals surface area contributed by atoms with Crippen LogP contribution in [0.5, 0.6) is 5.75 Å². The first kappa shape index (κ1) is 43.6. The van der Waals surface area contributed by atoms with Gasteiger partial charge in [0, 0.05) is 31.6 Å². The summed E-state index contributed by atoms with van der Waals surface area (Å²) in [7, 11) is 0. The molecule has 4 atom stereocenters. The summed E-state index contributed by atoms with van der Waals surface area (Å²) < 4.78 is 21.9. The van der Waals surface area contributed by atoms with Crippen molar-refractivity contribution in [2.45, 2.75) is 98.4 Å². The van der Waals surface area contributed by atoms with Crippen molar-refractivity contribution in [1.29, 1.82) is 0 Å². The molecular weight excluding hydrogens is 684 g/mol. The Hall–Kier alpha value is -4.61. The highest BCUT2D eigenvalue weighted by Gasteiger charge is 2.34. The average Bonchev–Trinajstić information content (AvgIpc) is 3.07. The first-order valence-electron chi connectivity index (χ1n) is 17.2. The van der Waals surface area contributed by atoms with Crippen LogP contribution in [0.3, 0.4) is 0 Å². The van der Waals surface area contributed by atoms with E-state index in [4.69, 9.17) is 18.9 Å². The van der Waals surface area contributed by atoms with Gasteiger partial charge < -0.3 is 50.4 Å². The monoisotopic (exact) mass is 736 g/mol. The van der Waals surface area contributed by atoms with Crippen LogP contribution in [0.15, 0.2) is 18.2 Å². The maximum absolute atomic E-state index is 13.0. The lowest BCUT2D eigenvalue weighted by Crippen LogP contribution is -2.52. The highest BCUT2D eigenvalue weighted by molar-refractivity contribution is 5.97. The molecule has 0 spiro atoms. The molecule has 17 heteroatoms. The predicted octanol–water partition coefficient (Wildman–Crippen LogP) is 1.05. The minimum atomic E-state index is -1.32. The maximum atomic E-state index is 13.0. The van der Waals surface area contributed by atoms with Crippen molar-refractivity contribution in [3.8, 4) is 5.75 Å². The van der Waals surface area contributed by atoms with Gasteiger partial charge in [0.25, 0.3) is 0 Å². The summed E-state index contributed by atoms with van der Waals surface area (Å²) in [4.78, 5) is 85.7. The Morgan fingerprint density at radius 2 is 1.54 bits per heavy atom. The van der Waals surface area contributed by atoms with Crippen LogP contribution in [0.1, 0.15) is 72.8 Å². The summed E-state index contributed by atoms with van der Waals surface area (Å²) in [5, 5.41) is 29.6. The van der Waals surface area contributed by atoms with Crippen molar-refractivity contribution in [3.05, 3.63) is 23.8 Å². The number of esters is 1. The molecule has 2 rings (SSSR count). The summed E-state index contributed by atoms with van der Waals surface area (Å²) in [6.07, 6.45) is -3.48. The standard InChI is InChI=1S/C35H52N4O13/c1-19(2)25(41)9-11-49-12-10-28(42)36-16-30(44)39-32(20(3)4)33(45)37-17-29(43)38-24-8-7-22(18-50-35(48)21(5)6)13-26(24)51-31-15-23(40)14-27(52-31)34(46)47/h7-8,13,19-21,23,27,31-32,40H,9-12,14-18H2,1-6H3,(H,36,42)(H,37,45)(H,38,43)(H,39,44)(H,46,47). The molecule has 1 saturated heterocycles. The molecule has 1 fully saturated rings. The number of hydrogen-bond donors (Lipinski definition) is 6. The summed E-state index contributed by atoms with van der Waals surface area (Å²) in [5.74, 6) is -4.88. The van der Waals surface area contributed by atoms with E-state index in [1.165, 1.54) is 12.1 Å². The number of nitrogens with one attached hydrogen (secondary N) is 4. The molecule has 17 nitrogen and oxygen atoms in total. The van der Waals surface area contributed by atoms with Gasteiger partial charge in [-0.05, 0) is 23.6 Å². The Kier molecular flexibility index (Phi) is 18.2. The van der Waals surface area contributed by atoms with E-state index in [2.05, 4.69) is 21.3 Å². The van der Waals surface area contributed by atoms with Gasteiger partial charge in [0.05, 0.1) is 44.0 Å². The van der Waals surface area contributed by atoms with E-state index in [9.17, 15) is 43.8 Å². The second-order valence-electron chi connectivity index (χ2n) is 13.3. The van der Waals surface area contributed by atoms with Gasteiger partial charge in [-0.15, -0.1) is 0 Å². The van der Waals surface area contributed by atoms with Crippen LogP contribution in [0, 0.1) is 17.8 Å². The second kappa shape index (κ2) is 21.7. The molecule has 4 amide bonds. The number of Topliss-reactive ketones (excluding diaryl/α,β-unsaturated/α-hetero) is 1. The second-order valence-corrected chi connectivity index (χ2v) is 13.3.